The largest absolute Gasteiger partial charge is 0.310 e. The van der Waals surface area contributed by atoms with Gasteiger partial charge in [-0.05, 0) is 30.5 Å². The monoisotopic (exact) mass is 307 g/mol. The highest BCUT2D eigenvalue weighted by Crippen LogP contribution is 2.31. The molecule has 1 aliphatic carbocycles. The summed E-state index contributed by atoms with van der Waals surface area (Å²) in [6.07, 6.45) is 4.03. The lowest BCUT2D eigenvalue weighted by molar-refractivity contribution is 0.687. The molecule has 0 bridgehead atoms. The molecule has 0 atom stereocenters. The van der Waals surface area contributed by atoms with Crippen LogP contribution >= 0.6 is 23.4 Å². The normalized spacial score (nSPS) is 14.4. The predicted molar refractivity (Wildman–Crippen MR) is 80.3 cm³/mol. The molecule has 0 aliphatic heterocycles. The van der Waals surface area contributed by atoms with Gasteiger partial charge in [-0.1, -0.05) is 29.4 Å². The molecule has 1 aromatic heterocycles. The fourth-order valence-corrected chi connectivity index (χ4v) is 2.88. The number of rotatable bonds is 5. The van der Waals surface area contributed by atoms with Crippen molar-refractivity contribution in [3.05, 3.63) is 51.4 Å². The summed E-state index contributed by atoms with van der Waals surface area (Å²) in [5.74, 6) is 0. The van der Waals surface area contributed by atoms with Gasteiger partial charge in [0.2, 0.25) is 0 Å². The number of benzene rings is 1. The zero-order valence-electron chi connectivity index (χ0n) is 10.7. The maximum atomic E-state index is 11.2. The standard InChI is InChI=1S/C14H14ClN3OS/c15-11-7-9(8-17-10-2-3-10)1-4-12(11)20-14-16-6-5-13(19)18-14/h1,4-7,10,17H,2-3,8H2,(H,16,18,19). The summed E-state index contributed by atoms with van der Waals surface area (Å²) >= 11 is 7.64. The van der Waals surface area contributed by atoms with Crippen molar-refractivity contribution in [2.75, 3.05) is 0 Å². The van der Waals surface area contributed by atoms with Crippen molar-refractivity contribution in [3.63, 3.8) is 0 Å². The van der Waals surface area contributed by atoms with Crippen molar-refractivity contribution in [1.29, 1.82) is 0 Å². The Morgan fingerprint density at radius 1 is 1.40 bits per heavy atom. The molecule has 0 saturated heterocycles. The van der Waals surface area contributed by atoms with E-state index in [-0.39, 0.29) is 5.56 Å². The van der Waals surface area contributed by atoms with Crippen LogP contribution in [0.1, 0.15) is 18.4 Å². The van der Waals surface area contributed by atoms with E-state index in [1.54, 1.807) is 0 Å². The highest BCUT2D eigenvalue weighted by molar-refractivity contribution is 7.99. The van der Waals surface area contributed by atoms with Gasteiger partial charge in [-0.25, -0.2) is 4.98 Å². The predicted octanol–water partition coefficient (Wildman–Crippen LogP) is 2.83. The topological polar surface area (TPSA) is 57.8 Å². The lowest BCUT2D eigenvalue weighted by atomic mass is 10.2. The van der Waals surface area contributed by atoms with Gasteiger partial charge in [-0.15, -0.1) is 0 Å². The summed E-state index contributed by atoms with van der Waals surface area (Å²) in [6.45, 7) is 0.843. The second-order valence-corrected chi connectivity index (χ2v) is 6.20. The van der Waals surface area contributed by atoms with Gasteiger partial charge in [0.1, 0.15) is 0 Å². The summed E-state index contributed by atoms with van der Waals surface area (Å²) in [5.41, 5.74) is 1.00. The van der Waals surface area contributed by atoms with E-state index in [0.717, 1.165) is 11.4 Å². The van der Waals surface area contributed by atoms with Gasteiger partial charge >= 0.3 is 0 Å². The van der Waals surface area contributed by atoms with E-state index in [9.17, 15) is 4.79 Å². The van der Waals surface area contributed by atoms with E-state index < -0.39 is 0 Å². The molecule has 1 aliphatic rings. The molecule has 1 saturated carbocycles. The Morgan fingerprint density at radius 2 is 2.25 bits per heavy atom. The summed E-state index contributed by atoms with van der Waals surface area (Å²) in [6, 6.07) is 8.04. The van der Waals surface area contributed by atoms with Crippen LogP contribution in [-0.4, -0.2) is 16.0 Å². The second kappa shape index (κ2) is 5.99. The van der Waals surface area contributed by atoms with Crippen LogP contribution in [0.5, 0.6) is 0 Å². The Morgan fingerprint density at radius 3 is 2.95 bits per heavy atom. The molecule has 0 unspecified atom stereocenters. The van der Waals surface area contributed by atoms with Crippen molar-refractivity contribution < 1.29 is 0 Å². The summed E-state index contributed by atoms with van der Waals surface area (Å²) in [7, 11) is 0. The maximum Gasteiger partial charge on any atom is 0.251 e. The third kappa shape index (κ3) is 3.62. The molecule has 0 amide bonds. The van der Waals surface area contributed by atoms with E-state index in [1.807, 2.05) is 18.2 Å². The van der Waals surface area contributed by atoms with Crippen LogP contribution in [0, 0.1) is 0 Å². The molecule has 4 nitrogen and oxygen atoms in total. The van der Waals surface area contributed by atoms with Gasteiger partial charge in [-0.2, -0.15) is 0 Å². The Kier molecular flexibility index (Phi) is 4.10. The van der Waals surface area contributed by atoms with Crippen molar-refractivity contribution in [2.24, 2.45) is 0 Å². The number of aromatic nitrogens is 2. The van der Waals surface area contributed by atoms with E-state index in [0.29, 0.717) is 16.2 Å². The minimum absolute atomic E-state index is 0.163. The van der Waals surface area contributed by atoms with Gasteiger partial charge in [0.05, 0.1) is 5.02 Å². The van der Waals surface area contributed by atoms with Gasteiger partial charge in [0, 0.05) is 29.7 Å². The number of aromatic amines is 1. The van der Waals surface area contributed by atoms with Crippen molar-refractivity contribution in [2.45, 2.75) is 35.5 Å². The number of nitrogens with one attached hydrogen (secondary N) is 2. The first-order valence-electron chi connectivity index (χ1n) is 6.46. The fourth-order valence-electron chi connectivity index (χ4n) is 1.79. The number of nitrogens with zero attached hydrogens (tertiary/aromatic N) is 1. The summed E-state index contributed by atoms with van der Waals surface area (Å²) in [4.78, 5) is 18.9. The zero-order chi connectivity index (χ0) is 13.9. The zero-order valence-corrected chi connectivity index (χ0v) is 12.3. The Balaban J connectivity index is 1.71. The van der Waals surface area contributed by atoms with Gasteiger partial charge in [0.25, 0.3) is 5.56 Å². The smallest absolute Gasteiger partial charge is 0.251 e. The molecule has 0 radical (unpaired) electrons. The quantitative estimate of drug-likeness (QED) is 0.834. The highest BCUT2D eigenvalue weighted by Gasteiger charge is 2.20. The van der Waals surface area contributed by atoms with E-state index >= 15 is 0 Å². The molecular weight excluding hydrogens is 294 g/mol. The first-order valence-corrected chi connectivity index (χ1v) is 7.65. The van der Waals surface area contributed by atoms with Crippen LogP contribution in [0.3, 0.4) is 0 Å². The molecule has 1 heterocycles. The Hall–Kier alpha value is -1.30. The highest BCUT2D eigenvalue weighted by atomic mass is 35.5. The lowest BCUT2D eigenvalue weighted by Crippen LogP contribution is -2.15. The van der Waals surface area contributed by atoms with E-state index in [4.69, 9.17) is 11.6 Å². The Bertz CT molecular complexity index is 669. The fraction of sp³-hybridized carbons (Fsp3) is 0.286. The molecule has 0 spiro atoms. The lowest BCUT2D eigenvalue weighted by Gasteiger charge is -2.07. The molecule has 3 rings (SSSR count). The molecule has 2 aromatic rings. The third-order valence-electron chi connectivity index (χ3n) is 3.02. The van der Waals surface area contributed by atoms with Gasteiger partial charge in [0.15, 0.2) is 5.16 Å². The number of H-pyrrole nitrogens is 1. The Labute approximate surface area is 126 Å². The summed E-state index contributed by atoms with van der Waals surface area (Å²) < 4.78 is 0. The van der Waals surface area contributed by atoms with Crippen molar-refractivity contribution in [1.82, 2.24) is 15.3 Å². The van der Waals surface area contributed by atoms with Crippen LogP contribution in [-0.2, 0) is 6.54 Å². The molecule has 104 valence electrons. The average molecular weight is 308 g/mol. The number of hydrogen-bond acceptors (Lipinski definition) is 4. The van der Waals surface area contributed by atoms with Crippen molar-refractivity contribution in [3.8, 4) is 0 Å². The molecule has 20 heavy (non-hydrogen) atoms. The molecular formula is C14H14ClN3OS. The van der Waals surface area contributed by atoms with Gasteiger partial charge < -0.3 is 10.3 Å². The van der Waals surface area contributed by atoms with Crippen LogP contribution < -0.4 is 10.9 Å². The SMILES string of the molecule is O=c1ccnc(Sc2ccc(CNC3CC3)cc2Cl)[nH]1. The molecule has 1 aromatic carbocycles. The van der Waals surface area contributed by atoms with E-state index in [2.05, 4.69) is 15.3 Å². The summed E-state index contributed by atoms with van der Waals surface area (Å²) in [5, 5.41) is 4.67. The number of halogens is 1. The molecule has 2 N–H and O–H groups in total. The van der Waals surface area contributed by atoms with Crippen LogP contribution in [0.2, 0.25) is 5.02 Å². The first kappa shape index (κ1) is 13.7. The van der Waals surface area contributed by atoms with E-state index in [1.165, 1.54) is 42.4 Å². The molecule has 1 fully saturated rings. The minimum atomic E-state index is -0.163. The van der Waals surface area contributed by atoms with Crippen LogP contribution in [0.15, 0.2) is 45.3 Å². The maximum absolute atomic E-state index is 11.2. The average Bonchev–Trinajstić information content (AvgIpc) is 3.23. The van der Waals surface area contributed by atoms with Crippen LogP contribution in [0.25, 0.3) is 0 Å². The molecule has 6 heteroatoms. The number of hydrogen-bond donors (Lipinski definition) is 2. The second-order valence-electron chi connectivity index (χ2n) is 4.76. The van der Waals surface area contributed by atoms with Crippen molar-refractivity contribution >= 4 is 23.4 Å². The first-order chi connectivity index (χ1) is 9.70. The van der Waals surface area contributed by atoms with Gasteiger partial charge in [-0.3, -0.25) is 4.79 Å². The van der Waals surface area contributed by atoms with Crippen LogP contribution in [0.4, 0.5) is 0 Å². The third-order valence-corrected chi connectivity index (χ3v) is 4.42. The minimum Gasteiger partial charge on any atom is -0.310 e.